The van der Waals surface area contributed by atoms with Crippen LogP contribution in [0.1, 0.15) is 43.4 Å². The van der Waals surface area contributed by atoms with Crippen molar-refractivity contribution in [3.8, 4) is 5.75 Å². The summed E-state index contributed by atoms with van der Waals surface area (Å²) >= 11 is 0. The normalized spacial score (nSPS) is 18.3. The molecule has 0 aromatic heterocycles. The van der Waals surface area contributed by atoms with Crippen molar-refractivity contribution in [2.45, 2.75) is 38.6 Å². The van der Waals surface area contributed by atoms with Gasteiger partial charge in [-0.2, -0.15) is 0 Å². The summed E-state index contributed by atoms with van der Waals surface area (Å²) in [6, 6.07) is 6.63. The minimum Gasteiger partial charge on any atom is -0.494 e. The van der Waals surface area contributed by atoms with Crippen molar-refractivity contribution in [1.29, 1.82) is 0 Å². The average molecular weight is 311 g/mol. The zero-order valence-corrected chi connectivity index (χ0v) is 13.7. The Kier molecular flexibility index (Phi) is 5.65. The molecular weight excluding hydrogens is 286 g/mol. The molecule has 1 unspecified atom stereocenters. The number of hydrogen-bond acceptors (Lipinski definition) is 4. The molecule has 1 aromatic carbocycles. The maximum Gasteiger partial charge on any atom is 0.150 e. The van der Waals surface area contributed by atoms with Crippen molar-refractivity contribution >= 4 is 9.84 Å². The Morgan fingerprint density at radius 1 is 1.38 bits per heavy atom. The van der Waals surface area contributed by atoms with Gasteiger partial charge in [-0.1, -0.05) is 13.0 Å². The lowest BCUT2D eigenvalue weighted by atomic mass is 9.87. The van der Waals surface area contributed by atoms with E-state index in [1.165, 1.54) is 17.5 Å². The van der Waals surface area contributed by atoms with E-state index in [1.54, 1.807) is 6.92 Å². The van der Waals surface area contributed by atoms with E-state index >= 15 is 0 Å². The Hall–Kier alpha value is -1.07. The van der Waals surface area contributed by atoms with Crippen LogP contribution >= 0.6 is 0 Å². The highest BCUT2D eigenvalue weighted by atomic mass is 32.2. The van der Waals surface area contributed by atoms with Crippen molar-refractivity contribution in [3.63, 3.8) is 0 Å². The lowest BCUT2D eigenvalue weighted by Crippen LogP contribution is -2.21. The van der Waals surface area contributed by atoms with Crippen LogP contribution in [0.5, 0.6) is 5.75 Å². The van der Waals surface area contributed by atoms with Gasteiger partial charge in [-0.15, -0.1) is 0 Å². The molecule has 0 heterocycles. The van der Waals surface area contributed by atoms with Crippen LogP contribution in [0.2, 0.25) is 0 Å². The highest BCUT2D eigenvalue weighted by Crippen LogP contribution is 2.32. The second kappa shape index (κ2) is 7.27. The molecule has 0 radical (unpaired) electrons. The zero-order chi connectivity index (χ0) is 15.3. The van der Waals surface area contributed by atoms with Crippen molar-refractivity contribution < 1.29 is 13.2 Å². The Labute approximate surface area is 127 Å². The van der Waals surface area contributed by atoms with Gasteiger partial charge in [-0.05, 0) is 56.0 Å². The standard InChI is InChI=1S/C16H25NO3S/c1-3-21(18,19)11-5-10-20-14-9-8-13-6-4-7-16(17-2)15(13)12-14/h8-9,12,16-17H,3-7,10-11H2,1-2H3. The van der Waals surface area contributed by atoms with Crippen LogP contribution in [0, 0.1) is 0 Å². The van der Waals surface area contributed by atoms with Crippen LogP contribution < -0.4 is 10.1 Å². The Bertz CT molecular complexity index is 569. The Morgan fingerprint density at radius 2 is 2.19 bits per heavy atom. The van der Waals surface area contributed by atoms with Crippen molar-refractivity contribution in [2.24, 2.45) is 0 Å². The summed E-state index contributed by atoms with van der Waals surface area (Å²) in [5, 5.41) is 3.35. The van der Waals surface area contributed by atoms with Crippen LogP contribution in [0.3, 0.4) is 0 Å². The van der Waals surface area contributed by atoms with E-state index in [0.717, 1.165) is 18.6 Å². The molecule has 1 aromatic rings. The number of hydrogen-bond donors (Lipinski definition) is 1. The molecule has 4 nitrogen and oxygen atoms in total. The lowest BCUT2D eigenvalue weighted by Gasteiger charge is -2.25. The van der Waals surface area contributed by atoms with Gasteiger partial charge in [0.15, 0.2) is 0 Å². The topological polar surface area (TPSA) is 55.4 Å². The number of ether oxygens (including phenoxy) is 1. The molecule has 0 bridgehead atoms. The van der Waals surface area contributed by atoms with E-state index in [1.807, 2.05) is 13.1 Å². The first-order valence-corrected chi connectivity index (χ1v) is 9.51. The summed E-state index contributed by atoms with van der Waals surface area (Å²) in [7, 11) is -0.902. The first-order valence-electron chi connectivity index (χ1n) is 7.69. The van der Waals surface area contributed by atoms with Gasteiger partial charge in [0.25, 0.3) is 0 Å². The van der Waals surface area contributed by atoms with Gasteiger partial charge < -0.3 is 10.1 Å². The Morgan fingerprint density at radius 3 is 2.90 bits per heavy atom. The van der Waals surface area contributed by atoms with Crippen LogP contribution in [0.25, 0.3) is 0 Å². The monoisotopic (exact) mass is 311 g/mol. The van der Waals surface area contributed by atoms with Crippen LogP contribution in [-0.2, 0) is 16.3 Å². The van der Waals surface area contributed by atoms with Crippen molar-refractivity contribution in [2.75, 3.05) is 25.2 Å². The molecule has 2 rings (SSSR count). The maximum absolute atomic E-state index is 11.4. The first kappa shape index (κ1) is 16.3. The maximum atomic E-state index is 11.4. The average Bonchev–Trinajstić information content (AvgIpc) is 2.51. The van der Waals surface area contributed by atoms with E-state index < -0.39 is 9.84 Å². The Balaban J connectivity index is 1.93. The molecule has 1 N–H and O–H groups in total. The smallest absolute Gasteiger partial charge is 0.150 e. The van der Waals surface area contributed by atoms with E-state index in [-0.39, 0.29) is 11.5 Å². The predicted octanol–water partition coefficient (Wildman–Crippen LogP) is 2.49. The zero-order valence-electron chi connectivity index (χ0n) is 12.9. The second-order valence-electron chi connectivity index (χ2n) is 5.53. The number of rotatable bonds is 7. The number of aryl methyl sites for hydroxylation is 1. The highest BCUT2D eigenvalue weighted by molar-refractivity contribution is 7.91. The summed E-state index contributed by atoms with van der Waals surface area (Å²) in [5.41, 5.74) is 2.71. The van der Waals surface area contributed by atoms with Gasteiger partial charge in [-0.3, -0.25) is 0 Å². The first-order chi connectivity index (χ1) is 10.1. The lowest BCUT2D eigenvalue weighted by molar-refractivity contribution is 0.316. The molecular formula is C16H25NO3S. The molecule has 0 fully saturated rings. The number of sulfone groups is 1. The summed E-state index contributed by atoms with van der Waals surface area (Å²) in [5.74, 6) is 1.24. The summed E-state index contributed by atoms with van der Waals surface area (Å²) < 4.78 is 28.6. The van der Waals surface area contributed by atoms with Gasteiger partial charge >= 0.3 is 0 Å². The van der Waals surface area contributed by atoms with Gasteiger partial charge in [-0.25, -0.2) is 8.42 Å². The van der Waals surface area contributed by atoms with Crippen LogP contribution in [-0.4, -0.2) is 33.6 Å². The summed E-state index contributed by atoms with van der Waals surface area (Å²) in [6.45, 7) is 2.12. The molecule has 5 heteroatoms. The minimum absolute atomic E-state index is 0.202. The highest BCUT2D eigenvalue weighted by Gasteiger charge is 2.19. The van der Waals surface area contributed by atoms with E-state index in [2.05, 4.69) is 17.4 Å². The number of nitrogens with one attached hydrogen (secondary N) is 1. The number of fused-ring (bicyclic) bond motifs is 1. The summed E-state index contributed by atoms with van der Waals surface area (Å²) in [4.78, 5) is 0. The fourth-order valence-corrected chi connectivity index (χ4v) is 3.63. The van der Waals surface area contributed by atoms with Crippen LogP contribution in [0.15, 0.2) is 18.2 Å². The van der Waals surface area contributed by atoms with E-state index in [0.29, 0.717) is 19.1 Å². The molecule has 0 amide bonds. The molecule has 1 aliphatic carbocycles. The second-order valence-corrected chi connectivity index (χ2v) is 8.01. The molecule has 0 spiro atoms. The van der Waals surface area contributed by atoms with Gasteiger partial charge in [0.2, 0.25) is 0 Å². The van der Waals surface area contributed by atoms with Crippen molar-refractivity contribution in [3.05, 3.63) is 29.3 Å². The third kappa shape index (κ3) is 4.45. The van der Waals surface area contributed by atoms with E-state index in [4.69, 9.17) is 4.74 Å². The molecule has 0 saturated heterocycles. The fraction of sp³-hybridized carbons (Fsp3) is 0.625. The third-order valence-electron chi connectivity index (χ3n) is 4.09. The van der Waals surface area contributed by atoms with Crippen LogP contribution in [0.4, 0.5) is 0 Å². The van der Waals surface area contributed by atoms with Crippen molar-refractivity contribution in [1.82, 2.24) is 5.32 Å². The third-order valence-corrected chi connectivity index (χ3v) is 5.88. The fourth-order valence-electron chi connectivity index (χ4n) is 2.78. The largest absolute Gasteiger partial charge is 0.494 e. The summed E-state index contributed by atoms with van der Waals surface area (Å²) in [6.07, 6.45) is 4.04. The SMILES string of the molecule is CCS(=O)(=O)CCCOc1ccc2c(c1)C(NC)CCC2. The molecule has 0 aliphatic heterocycles. The quantitative estimate of drug-likeness (QED) is 0.786. The molecule has 21 heavy (non-hydrogen) atoms. The molecule has 1 atom stereocenters. The molecule has 0 saturated carbocycles. The number of benzene rings is 1. The minimum atomic E-state index is -2.89. The van der Waals surface area contributed by atoms with Gasteiger partial charge in [0.05, 0.1) is 12.4 Å². The van der Waals surface area contributed by atoms with Gasteiger partial charge in [0.1, 0.15) is 15.6 Å². The molecule has 118 valence electrons. The molecule has 1 aliphatic rings. The van der Waals surface area contributed by atoms with Gasteiger partial charge in [0, 0.05) is 11.8 Å². The van der Waals surface area contributed by atoms with E-state index in [9.17, 15) is 8.42 Å². The predicted molar refractivity (Wildman–Crippen MR) is 85.6 cm³/mol.